The van der Waals surface area contributed by atoms with Gasteiger partial charge in [-0.15, -0.1) is 0 Å². The molecule has 1 amide bonds. The molecule has 0 spiro atoms. The highest BCUT2D eigenvalue weighted by molar-refractivity contribution is 6.42. The highest BCUT2D eigenvalue weighted by Gasteiger charge is 2.30. The van der Waals surface area contributed by atoms with Crippen molar-refractivity contribution in [2.75, 3.05) is 31.8 Å². The molecule has 2 aliphatic rings. The summed E-state index contributed by atoms with van der Waals surface area (Å²) in [5.41, 5.74) is 0.744. The molecular weight excluding hydrogens is 623 g/mol. The van der Waals surface area contributed by atoms with E-state index in [1.807, 2.05) is 0 Å². The summed E-state index contributed by atoms with van der Waals surface area (Å²) in [4.78, 5) is 41.4. The molecule has 2 aliphatic heterocycles. The number of carbonyl (C=O) groups is 2. The minimum atomic E-state index is -0.545. The summed E-state index contributed by atoms with van der Waals surface area (Å²) in [5.74, 6) is 0.715. The van der Waals surface area contributed by atoms with Crippen LogP contribution in [0.4, 0.5) is 11.4 Å². The number of amides is 1. The molecule has 0 aliphatic carbocycles. The first-order valence-corrected chi connectivity index (χ1v) is 15.0. The first-order chi connectivity index (χ1) is 21.8. The lowest BCUT2D eigenvalue weighted by molar-refractivity contribution is -0.149. The van der Waals surface area contributed by atoms with Gasteiger partial charge in [-0.3, -0.25) is 14.4 Å². The number of esters is 1. The van der Waals surface area contributed by atoms with Crippen LogP contribution in [0.5, 0.6) is 23.0 Å². The van der Waals surface area contributed by atoms with Gasteiger partial charge in [0.1, 0.15) is 5.75 Å². The van der Waals surface area contributed by atoms with Gasteiger partial charge in [0.2, 0.25) is 6.79 Å². The van der Waals surface area contributed by atoms with E-state index in [0.29, 0.717) is 65.2 Å². The third-order valence-corrected chi connectivity index (χ3v) is 8.11. The van der Waals surface area contributed by atoms with Crippen LogP contribution in [0.2, 0.25) is 10.0 Å². The molecule has 1 saturated heterocycles. The highest BCUT2D eigenvalue weighted by atomic mass is 35.5. The average molecular weight is 652 g/mol. The number of piperidine rings is 1. The van der Waals surface area contributed by atoms with E-state index >= 15 is 0 Å². The topological polar surface area (TPSA) is 121 Å². The first-order valence-electron chi connectivity index (χ1n) is 14.3. The molecule has 4 aromatic rings. The Kier molecular flexibility index (Phi) is 8.81. The van der Waals surface area contributed by atoms with Crippen LogP contribution in [0, 0.1) is 5.92 Å². The fourth-order valence-corrected chi connectivity index (χ4v) is 5.46. The number of hydrogen-bond donors (Lipinski definition) is 1. The molecule has 1 N–H and O–H groups in total. The quantitative estimate of drug-likeness (QED) is 0.222. The van der Waals surface area contributed by atoms with Crippen molar-refractivity contribution in [3.63, 3.8) is 0 Å². The normalized spacial score (nSPS) is 15.4. The lowest BCUT2D eigenvalue weighted by Gasteiger charge is -2.31. The summed E-state index contributed by atoms with van der Waals surface area (Å²) in [6.07, 6.45) is 2.76. The Morgan fingerprint density at radius 3 is 2.71 bits per heavy atom. The first kappa shape index (κ1) is 30.3. The molecule has 0 radical (unpaired) electrons. The minimum Gasteiger partial charge on any atom is -0.466 e. The van der Waals surface area contributed by atoms with Crippen LogP contribution >= 0.6 is 23.2 Å². The summed E-state index contributed by atoms with van der Waals surface area (Å²) in [7, 11) is 0. The van der Waals surface area contributed by atoms with Crippen molar-refractivity contribution < 1.29 is 28.5 Å². The summed E-state index contributed by atoms with van der Waals surface area (Å²) < 4.78 is 23.3. The monoisotopic (exact) mass is 650 g/mol. The molecule has 1 aromatic heterocycles. The molecule has 45 heavy (non-hydrogen) atoms. The number of nitrogens with one attached hydrogen (secondary N) is 1. The van der Waals surface area contributed by atoms with Crippen molar-refractivity contribution in [1.29, 1.82) is 0 Å². The SMILES string of the molecule is CCOC(=O)C1CCCN(C(=O)c2cccc(Nc3c(Oc4ccc5c(c4)OCO5)cnn(-c4ccc(Cl)c(Cl)c4)c3=O)c2)C1. The van der Waals surface area contributed by atoms with Crippen LogP contribution in [-0.2, 0) is 9.53 Å². The van der Waals surface area contributed by atoms with Crippen LogP contribution in [0.15, 0.2) is 71.7 Å². The van der Waals surface area contributed by atoms with Crippen LogP contribution < -0.4 is 25.1 Å². The molecule has 11 nitrogen and oxygen atoms in total. The molecule has 13 heteroatoms. The van der Waals surface area contributed by atoms with E-state index in [-0.39, 0.29) is 47.6 Å². The van der Waals surface area contributed by atoms with Crippen LogP contribution in [-0.4, -0.2) is 53.0 Å². The number of fused-ring (bicyclic) bond motifs is 1. The summed E-state index contributed by atoms with van der Waals surface area (Å²) >= 11 is 12.3. The van der Waals surface area contributed by atoms with Gasteiger partial charge in [0.15, 0.2) is 22.9 Å². The molecular formula is C32H28Cl2N4O7. The largest absolute Gasteiger partial charge is 0.466 e. The van der Waals surface area contributed by atoms with E-state index in [2.05, 4.69) is 10.4 Å². The molecule has 3 heterocycles. The van der Waals surface area contributed by atoms with Gasteiger partial charge in [0.25, 0.3) is 11.5 Å². The Bertz CT molecular complexity index is 1830. The van der Waals surface area contributed by atoms with Gasteiger partial charge < -0.3 is 29.2 Å². The molecule has 232 valence electrons. The van der Waals surface area contributed by atoms with Crippen LogP contribution in [0.3, 0.4) is 0 Å². The van der Waals surface area contributed by atoms with E-state index in [0.717, 1.165) is 4.68 Å². The van der Waals surface area contributed by atoms with E-state index in [4.69, 9.17) is 42.1 Å². The Hall–Kier alpha value is -4.74. The molecule has 1 unspecified atom stereocenters. The summed E-state index contributed by atoms with van der Waals surface area (Å²) in [6.45, 7) is 2.96. The molecule has 3 aromatic carbocycles. The van der Waals surface area contributed by atoms with Crippen molar-refractivity contribution in [2.45, 2.75) is 19.8 Å². The predicted octanol–water partition coefficient (Wildman–Crippen LogP) is 6.22. The van der Waals surface area contributed by atoms with Crippen LogP contribution in [0.25, 0.3) is 5.69 Å². The fourth-order valence-electron chi connectivity index (χ4n) is 5.17. The summed E-state index contributed by atoms with van der Waals surface area (Å²) in [6, 6.07) is 16.5. The highest BCUT2D eigenvalue weighted by Crippen LogP contribution is 2.38. The number of ether oxygens (including phenoxy) is 4. The van der Waals surface area contributed by atoms with Crippen LogP contribution in [0.1, 0.15) is 30.1 Å². The molecule has 6 rings (SSSR count). The number of anilines is 2. The number of likely N-dealkylation sites (tertiary alicyclic amines) is 1. The van der Waals surface area contributed by atoms with E-state index in [9.17, 15) is 14.4 Å². The van der Waals surface area contributed by atoms with E-state index in [1.165, 1.54) is 12.3 Å². The summed E-state index contributed by atoms with van der Waals surface area (Å²) in [5, 5.41) is 8.04. The minimum absolute atomic E-state index is 0.0543. The second kappa shape index (κ2) is 13.1. The molecule has 0 bridgehead atoms. The predicted molar refractivity (Wildman–Crippen MR) is 167 cm³/mol. The third kappa shape index (κ3) is 6.54. The lowest BCUT2D eigenvalue weighted by atomic mass is 9.97. The number of aromatic nitrogens is 2. The Balaban J connectivity index is 1.32. The van der Waals surface area contributed by atoms with Gasteiger partial charge in [0.05, 0.1) is 34.5 Å². The van der Waals surface area contributed by atoms with Gasteiger partial charge in [-0.25, -0.2) is 0 Å². The van der Waals surface area contributed by atoms with Crippen molar-refractivity contribution in [3.05, 3.63) is 92.8 Å². The maximum atomic E-state index is 13.9. The maximum Gasteiger partial charge on any atom is 0.310 e. The van der Waals surface area contributed by atoms with E-state index < -0.39 is 5.56 Å². The smallest absolute Gasteiger partial charge is 0.310 e. The van der Waals surface area contributed by atoms with Gasteiger partial charge in [0, 0.05) is 30.4 Å². The molecule has 0 saturated carbocycles. The number of hydrogen-bond acceptors (Lipinski definition) is 9. The fraction of sp³-hybridized carbons (Fsp3) is 0.250. The van der Waals surface area contributed by atoms with Gasteiger partial charge >= 0.3 is 5.97 Å². The van der Waals surface area contributed by atoms with Crippen molar-refractivity contribution in [2.24, 2.45) is 5.92 Å². The van der Waals surface area contributed by atoms with Gasteiger partial charge in [-0.05, 0) is 68.3 Å². The second-order valence-corrected chi connectivity index (χ2v) is 11.2. The van der Waals surface area contributed by atoms with Crippen molar-refractivity contribution in [1.82, 2.24) is 14.7 Å². The van der Waals surface area contributed by atoms with Crippen molar-refractivity contribution >= 4 is 46.5 Å². The number of benzene rings is 3. The zero-order valence-corrected chi connectivity index (χ0v) is 25.6. The lowest BCUT2D eigenvalue weighted by Crippen LogP contribution is -2.42. The van der Waals surface area contributed by atoms with E-state index in [1.54, 1.807) is 66.4 Å². The Morgan fingerprint density at radius 1 is 1.04 bits per heavy atom. The third-order valence-electron chi connectivity index (χ3n) is 7.37. The second-order valence-electron chi connectivity index (χ2n) is 10.4. The Morgan fingerprint density at radius 2 is 1.89 bits per heavy atom. The van der Waals surface area contributed by atoms with Gasteiger partial charge in [-0.2, -0.15) is 9.78 Å². The Labute approximate surface area is 268 Å². The average Bonchev–Trinajstić information content (AvgIpc) is 3.52. The molecule has 1 fully saturated rings. The standard InChI is InChI=1S/C32H28Cl2N4O7/c1-2-42-32(41)20-6-4-12-37(17-20)30(39)19-5-3-7-21(13-19)36-29-28(45-23-9-11-26-27(15-23)44-18-43-26)16-35-38(31(29)40)22-8-10-24(33)25(34)14-22/h3,5,7-11,13-16,20,36H,2,4,6,12,17-18H2,1H3. The zero-order chi connectivity index (χ0) is 31.5. The number of rotatable bonds is 8. The zero-order valence-electron chi connectivity index (χ0n) is 24.1. The van der Waals surface area contributed by atoms with Crippen molar-refractivity contribution in [3.8, 4) is 28.7 Å². The van der Waals surface area contributed by atoms with Gasteiger partial charge in [-0.1, -0.05) is 29.3 Å². The maximum absolute atomic E-state index is 13.9. The number of halogens is 2. The molecule has 1 atom stereocenters. The number of carbonyl (C=O) groups excluding carboxylic acids is 2. The number of nitrogens with zero attached hydrogens (tertiary/aromatic N) is 3.